The van der Waals surface area contributed by atoms with E-state index in [1.54, 1.807) is 13.3 Å². The largest absolute Gasteiger partial charge is 0.497 e. The van der Waals surface area contributed by atoms with E-state index in [0.29, 0.717) is 13.1 Å². The van der Waals surface area contributed by atoms with Crippen molar-refractivity contribution >= 4 is 16.9 Å². The second-order valence-corrected chi connectivity index (χ2v) is 7.07. The summed E-state index contributed by atoms with van der Waals surface area (Å²) in [5, 5.41) is 10.9. The molecule has 1 aliphatic heterocycles. The van der Waals surface area contributed by atoms with Crippen molar-refractivity contribution < 1.29 is 14.6 Å². The van der Waals surface area contributed by atoms with E-state index < -0.39 is 12.0 Å². The average Bonchev–Trinajstić information content (AvgIpc) is 3.13. The van der Waals surface area contributed by atoms with Crippen LogP contribution in [0.4, 0.5) is 0 Å². The molecule has 7 nitrogen and oxygen atoms in total. The molecule has 28 heavy (non-hydrogen) atoms. The average molecular weight is 380 g/mol. The number of ether oxygens (including phenoxy) is 1. The second kappa shape index (κ2) is 8.00. The van der Waals surface area contributed by atoms with E-state index in [0.717, 1.165) is 41.9 Å². The minimum Gasteiger partial charge on any atom is -0.497 e. The standard InChI is InChI=1S/C21H24N4O3/c1-28-16-4-5-19-17(11-16)18(13-23-19)20(21(26)27)25-9-7-24(8-10-25)14-15-3-2-6-22-12-15/h2-6,11-13,20,23H,7-10,14H2,1H3,(H,26,27). The van der Waals surface area contributed by atoms with Gasteiger partial charge in [0.25, 0.3) is 0 Å². The van der Waals surface area contributed by atoms with Crippen molar-refractivity contribution in [2.75, 3.05) is 33.3 Å². The molecule has 4 rings (SSSR count). The van der Waals surface area contributed by atoms with Gasteiger partial charge in [0.1, 0.15) is 11.8 Å². The van der Waals surface area contributed by atoms with E-state index in [1.165, 1.54) is 5.56 Å². The van der Waals surface area contributed by atoms with Crippen LogP contribution < -0.4 is 4.74 Å². The highest BCUT2D eigenvalue weighted by molar-refractivity contribution is 5.90. The molecule has 0 aliphatic carbocycles. The summed E-state index contributed by atoms with van der Waals surface area (Å²) in [4.78, 5) is 23.9. The molecule has 3 heterocycles. The summed E-state index contributed by atoms with van der Waals surface area (Å²) in [6.07, 6.45) is 5.46. The first-order valence-corrected chi connectivity index (χ1v) is 9.39. The number of H-pyrrole nitrogens is 1. The van der Waals surface area contributed by atoms with Crippen LogP contribution in [0.15, 0.2) is 48.9 Å². The summed E-state index contributed by atoms with van der Waals surface area (Å²) in [7, 11) is 1.61. The number of piperazine rings is 1. The van der Waals surface area contributed by atoms with Crippen molar-refractivity contribution in [1.82, 2.24) is 19.8 Å². The molecule has 0 spiro atoms. The van der Waals surface area contributed by atoms with Crippen LogP contribution in [0.1, 0.15) is 17.2 Å². The van der Waals surface area contributed by atoms with Crippen LogP contribution in [0.25, 0.3) is 10.9 Å². The van der Waals surface area contributed by atoms with E-state index in [1.807, 2.05) is 41.6 Å². The number of hydrogen-bond donors (Lipinski definition) is 2. The first kappa shape index (κ1) is 18.5. The highest BCUT2D eigenvalue weighted by Gasteiger charge is 2.32. The fourth-order valence-corrected chi connectivity index (χ4v) is 3.89. The predicted octanol–water partition coefficient (Wildman–Crippen LogP) is 2.52. The van der Waals surface area contributed by atoms with Gasteiger partial charge in [-0.25, -0.2) is 0 Å². The SMILES string of the molecule is COc1ccc2[nH]cc(C(C(=O)O)N3CCN(Cc4cccnc4)CC3)c2c1. The van der Waals surface area contributed by atoms with Gasteiger partial charge in [0, 0.05) is 67.8 Å². The molecule has 0 saturated carbocycles. The summed E-state index contributed by atoms with van der Waals surface area (Å²) in [6.45, 7) is 3.89. The van der Waals surface area contributed by atoms with E-state index in [2.05, 4.69) is 20.9 Å². The summed E-state index contributed by atoms with van der Waals surface area (Å²) in [5.41, 5.74) is 2.87. The number of aromatic amines is 1. The third-order valence-electron chi connectivity index (χ3n) is 5.35. The molecule has 1 saturated heterocycles. The van der Waals surface area contributed by atoms with Gasteiger partial charge in [0.05, 0.1) is 7.11 Å². The van der Waals surface area contributed by atoms with Crippen molar-refractivity contribution in [3.63, 3.8) is 0 Å². The van der Waals surface area contributed by atoms with E-state index in [4.69, 9.17) is 4.74 Å². The van der Waals surface area contributed by atoms with Crippen molar-refractivity contribution in [3.05, 3.63) is 60.0 Å². The number of pyridine rings is 1. The lowest BCUT2D eigenvalue weighted by Crippen LogP contribution is -2.48. The van der Waals surface area contributed by atoms with Crippen molar-refractivity contribution in [3.8, 4) is 5.75 Å². The Hall–Kier alpha value is -2.90. The maximum absolute atomic E-state index is 12.2. The number of nitrogens with zero attached hydrogens (tertiary/aromatic N) is 3. The zero-order valence-corrected chi connectivity index (χ0v) is 15.8. The molecule has 1 unspecified atom stereocenters. The zero-order chi connectivity index (χ0) is 19.5. The predicted molar refractivity (Wildman–Crippen MR) is 106 cm³/mol. The molecule has 2 aromatic heterocycles. The third kappa shape index (κ3) is 3.72. The normalized spacial score (nSPS) is 16.9. The number of hydrogen-bond acceptors (Lipinski definition) is 5. The maximum Gasteiger partial charge on any atom is 0.325 e. The molecule has 146 valence electrons. The number of carbonyl (C=O) groups is 1. The number of aromatic nitrogens is 2. The van der Waals surface area contributed by atoms with Crippen LogP contribution >= 0.6 is 0 Å². The maximum atomic E-state index is 12.2. The Labute approximate surface area is 163 Å². The molecule has 0 amide bonds. The van der Waals surface area contributed by atoms with Crippen molar-refractivity contribution in [2.24, 2.45) is 0 Å². The van der Waals surface area contributed by atoms with Gasteiger partial charge in [0.15, 0.2) is 0 Å². The number of benzene rings is 1. The first-order valence-electron chi connectivity index (χ1n) is 9.39. The van der Waals surface area contributed by atoms with Crippen molar-refractivity contribution in [1.29, 1.82) is 0 Å². The molecule has 1 aromatic carbocycles. The molecule has 7 heteroatoms. The second-order valence-electron chi connectivity index (χ2n) is 7.07. The van der Waals surface area contributed by atoms with E-state index >= 15 is 0 Å². The molecule has 3 aromatic rings. The van der Waals surface area contributed by atoms with Gasteiger partial charge in [-0.05, 0) is 29.8 Å². The minimum absolute atomic E-state index is 0.679. The van der Waals surface area contributed by atoms with Gasteiger partial charge in [-0.15, -0.1) is 0 Å². The molecule has 0 radical (unpaired) electrons. The minimum atomic E-state index is -0.829. The molecule has 1 fully saturated rings. The van der Waals surface area contributed by atoms with E-state index in [-0.39, 0.29) is 0 Å². The van der Waals surface area contributed by atoms with Gasteiger partial charge in [-0.3, -0.25) is 19.6 Å². The van der Waals surface area contributed by atoms with Gasteiger partial charge in [-0.2, -0.15) is 0 Å². The van der Waals surface area contributed by atoms with Crippen LogP contribution in [0.3, 0.4) is 0 Å². The Morgan fingerprint density at radius 3 is 2.79 bits per heavy atom. The quantitative estimate of drug-likeness (QED) is 0.684. The number of carboxylic acid groups (broad SMARTS) is 1. The molecule has 1 aliphatic rings. The topological polar surface area (TPSA) is 81.7 Å². The Kier molecular flexibility index (Phi) is 5.27. The number of carboxylic acids is 1. The summed E-state index contributed by atoms with van der Waals surface area (Å²) in [6, 6.07) is 9.02. The van der Waals surface area contributed by atoms with Gasteiger partial charge < -0.3 is 14.8 Å². The summed E-state index contributed by atoms with van der Waals surface area (Å²) >= 11 is 0. The molecule has 1 atom stereocenters. The lowest BCUT2D eigenvalue weighted by molar-refractivity contribution is -0.144. The lowest BCUT2D eigenvalue weighted by Gasteiger charge is -2.37. The van der Waals surface area contributed by atoms with Crippen molar-refractivity contribution in [2.45, 2.75) is 12.6 Å². The van der Waals surface area contributed by atoms with E-state index in [9.17, 15) is 9.90 Å². The number of nitrogens with one attached hydrogen (secondary N) is 1. The monoisotopic (exact) mass is 380 g/mol. The van der Waals surface area contributed by atoms with Crippen LogP contribution in [-0.2, 0) is 11.3 Å². The Bertz CT molecular complexity index is 949. The molecular formula is C21H24N4O3. The number of aliphatic carboxylic acids is 1. The Morgan fingerprint density at radius 2 is 2.11 bits per heavy atom. The van der Waals surface area contributed by atoms with Gasteiger partial charge >= 0.3 is 5.97 Å². The van der Waals surface area contributed by atoms with Crippen LogP contribution in [0.5, 0.6) is 5.75 Å². The number of rotatable bonds is 6. The third-order valence-corrected chi connectivity index (χ3v) is 5.35. The van der Waals surface area contributed by atoms with Gasteiger partial charge in [-0.1, -0.05) is 6.07 Å². The highest BCUT2D eigenvalue weighted by Crippen LogP contribution is 2.31. The summed E-state index contributed by atoms with van der Waals surface area (Å²) in [5.74, 6) is -0.108. The lowest BCUT2D eigenvalue weighted by atomic mass is 10.0. The summed E-state index contributed by atoms with van der Waals surface area (Å²) < 4.78 is 5.32. The molecule has 0 bridgehead atoms. The van der Waals surface area contributed by atoms with Crippen LogP contribution in [0.2, 0.25) is 0 Å². The zero-order valence-electron chi connectivity index (χ0n) is 15.8. The van der Waals surface area contributed by atoms with Crippen LogP contribution in [-0.4, -0.2) is 64.1 Å². The van der Waals surface area contributed by atoms with Gasteiger partial charge in [0.2, 0.25) is 0 Å². The van der Waals surface area contributed by atoms with Crippen LogP contribution in [0, 0.1) is 0 Å². The highest BCUT2D eigenvalue weighted by atomic mass is 16.5. The fraction of sp³-hybridized carbons (Fsp3) is 0.333. The number of methoxy groups -OCH3 is 1. The Balaban J connectivity index is 1.51. The first-order chi connectivity index (χ1) is 13.7. The fourth-order valence-electron chi connectivity index (χ4n) is 3.89. The smallest absolute Gasteiger partial charge is 0.325 e. The molecule has 2 N–H and O–H groups in total. The number of fused-ring (bicyclic) bond motifs is 1. The Morgan fingerprint density at radius 1 is 1.29 bits per heavy atom. The molecular weight excluding hydrogens is 356 g/mol.